The van der Waals surface area contributed by atoms with Gasteiger partial charge in [0.2, 0.25) is 5.91 Å². The molecule has 0 saturated carbocycles. The van der Waals surface area contributed by atoms with E-state index in [0.29, 0.717) is 17.3 Å². The summed E-state index contributed by atoms with van der Waals surface area (Å²) < 4.78 is 13.0. The number of amides is 2. The van der Waals surface area contributed by atoms with E-state index >= 15 is 0 Å². The molecule has 1 aliphatic heterocycles. The van der Waals surface area contributed by atoms with Crippen molar-refractivity contribution in [1.82, 2.24) is 14.8 Å². The SMILES string of the molecule is CCOC(=O)c1c(NC(=O)CSc2nnc(-c3csc(CC)c3)n2CC2CCCO2)sc(C(N)=O)c1C. The summed E-state index contributed by atoms with van der Waals surface area (Å²) >= 11 is 3.90. The molecule has 4 rings (SSSR count). The third-order valence-corrected chi connectivity index (χ3v) is 9.09. The Balaban J connectivity index is 1.52. The molecule has 3 aromatic rings. The number of carbonyl (C=O) groups is 3. The van der Waals surface area contributed by atoms with Crippen molar-refractivity contribution in [3.8, 4) is 11.4 Å². The van der Waals surface area contributed by atoms with Crippen molar-refractivity contribution in [2.75, 3.05) is 24.3 Å². The molecule has 0 aromatic carbocycles. The predicted octanol–water partition coefficient (Wildman–Crippen LogP) is 4.12. The van der Waals surface area contributed by atoms with Crippen LogP contribution in [0.4, 0.5) is 5.00 Å². The zero-order valence-electron chi connectivity index (χ0n) is 20.9. The number of thiophene rings is 2. The number of anilines is 1. The highest BCUT2D eigenvalue weighted by Crippen LogP contribution is 2.34. The maximum absolute atomic E-state index is 12.9. The fraction of sp³-hybridized carbons (Fsp3) is 0.458. The Kier molecular flexibility index (Phi) is 9.00. The van der Waals surface area contributed by atoms with Crippen molar-refractivity contribution in [1.29, 1.82) is 0 Å². The minimum absolute atomic E-state index is 0.0264. The van der Waals surface area contributed by atoms with Crippen LogP contribution in [0.1, 0.15) is 57.2 Å². The lowest BCUT2D eigenvalue weighted by Crippen LogP contribution is -2.18. The molecule has 0 bridgehead atoms. The van der Waals surface area contributed by atoms with Crippen LogP contribution in [0.5, 0.6) is 0 Å². The second-order valence-corrected chi connectivity index (χ2v) is 11.3. The summed E-state index contributed by atoms with van der Waals surface area (Å²) in [5.41, 5.74) is 6.99. The van der Waals surface area contributed by atoms with Crippen LogP contribution >= 0.6 is 34.4 Å². The van der Waals surface area contributed by atoms with Gasteiger partial charge in [-0.25, -0.2) is 4.79 Å². The highest BCUT2D eigenvalue weighted by molar-refractivity contribution is 7.99. The lowest BCUT2D eigenvalue weighted by Gasteiger charge is -2.14. The molecule has 3 N–H and O–H groups in total. The molecule has 1 atom stereocenters. The quantitative estimate of drug-likeness (QED) is 0.262. The first kappa shape index (κ1) is 27.3. The van der Waals surface area contributed by atoms with Crippen molar-refractivity contribution in [3.05, 3.63) is 32.3 Å². The molecule has 1 aliphatic rings. The number of nitrogens with zero attached hydrogens (tertiary/aromatic N) is 3. The zero-order valence-corrected chi connectivity index (χ0v) is 23.3. The normalized spacial score (nSPS) is 15.2. The van der Waals surface area contributed by atoms with Gasteiger partial charge in [0.15, 0.2) is 11.0 Å². The maximum atomic E-state index is 12.9. The van der Waals surface area contributed by atoms with Crippen LogP contribution in [0.15, 0.2) is 16.6 Å². The highest BCUT2D eigenvalue weighted by atomic mass is 32.2. The van der Waals surface area contributed by atoms with Gasteiger partial charge in [0.1, 0.15) is 5.00 Å². The summed E-state index contributed by atoms with van der Waals surface area (Å²) in [5, 5.41) is 14.5. The van der Waals surface area contributed by atoms with Crippen LogP contribution in [0.3, 0.4) is 0 Å². The first-order chi connectivity index (χ1) is 17.8. The molecule has 3 aromatic heterocycles. The van der Waals surface area contributed by atoms with Crippen LogP contribution in [0.2, 0.25) is 0 Å². The number of aromatic nitrogens is 3. The maximum Gasteiger partial charge on any atom is 0.341 e. The van der Waals surface area contributed by atoms with Crippen LogP contribution in [0.25, 0.3) is 11.4 Å². The summed E-state index contributed by atoms with van der Waals surface area (Å²) in [4.78, 5) is 38.7. The molecule has 10 nitrogen and oxygen atoms in total. The average molecular weight is 564 g/mol. The second kappa shape index (κ2) is 12.2. The van der Waals surface area contributed by atoms with Crippen LogP contribution in [-0.4, -0.2) is 57.6 Å². The Bertz CT molecular complexity index is 1290. The third kappa shape index (κ3) is 6.22. The van der Waals surface area contributed by atoms with Gasteiger partial charge in [-0.05, 0) is 44.7 Å². The van der Waals surface area contributed by atoms with Gasteiger partial charge < -0.3 is 20.5 Å². The van der Waals surface area contributed by atoms with Crippen LogP contribution < -0.4 is 11.1 Å². The molecule has 1 fully saturated rings. The van der Waals surface area contributed by atoms with Gasteiger partial charge in [0.25, 0.3) is 5.91 Å². The highest BCUT2D eigenvalue weighted by Gasteiger charge is 2.27. The van der Waals surface area contributed by atoms with E-state index in [4.69, 9.17) is 15.2 Å². The Labute approximate surface area is 226 Å². The molecule has 0 spiro atoms. The topological polar surface area (TPSA) is 138 Å². The number of carbonyl (C=O) groups excluding carboxylic acids is 3. The van der Waals surface area contributed by atoms with Gasteiger partial charge >= 0.3 is 5.97 Å². The number of hydrogen-bond acceptors (Lipinski definition) is 10. The molecule has 13 heteroatoms. The van der Waals surface area contributed by atoms with E-state index in [1.54, 1.807) is 25.2 Å². The summed E-state index contributed by atoms with van der Waals surface area (Å²) in [7, 11) is 0. The van der Waals surface area contributed by atoms with E-state index in [-0.39, 0.29) is 39.8 Å². The first-order valence-electron chi connectivity index (χ1n) is 12.0. The standard InChI is InChI=1S/C24H29N5O5S3/c1-4-16-9-14(11-35-16)21-27-28-24(29(21)10-15-7-6-8-34-15)36-12-17(30)26-22-18(23(32)33-5-2)13(3)19(37-22)20(25)31/h9,11,15H,4-8,10,12H2,1-3H3,(H2,25,31)(H,26,30). The number of hydrogen-bond donors (Lipinski definition) is 2. The van der Waals surface area contributed by atoms with E-state index in [1.165, 1.54) is 16.6 Å². The van der Waals surface area contributed by atoms with Gasteiger partial charge in [0.05, 0.1) is 35.4 Å². The largest absolute Gasteiger partial charge is 0.462 e. The fourth-order valence-corrected chi connectivity index (χ4v) is 6.65. The summed E-state index contributed by atoms with van der Waals surface area (Å²) in [6.45, 7) is 6.90. The number of nitrogens with one attached hydrogen (secondary N) is 1. The lowest BCUT2D eigenvalue weighted by molar-refractivity contribution is -0.113. The van der Waals surface area contributed by atoms with Gasteiger partial charge in [-0.2, -0.15) is 0 Å². The minimum atomic E-state index is -0.669. The molecular formula is C24H29N5O5S3. The number of ether oxygens (including phenoxy) is 2. The molecule has 2 amide bonds. The second-order valence-electron chi connectivity index (χ2n) is 8.39. The van der Waals surface area contributed by atoms with E-state index in [2.05, 4.69) is 33.9 Å². The third-order valence-electron chi connectivity index (χ3n) is 5.82. The van der Waals surface area contributed by atoms with Crippen LogP contribution in [-0.2, 0) is 27.2 Å². The number of rotatable bonds is 11. The van der Waals surface area contributed by atoms with E-state index < -0.39 is 11.9 Å². The first-order valence-corrected chi connectivity index (χ1v) is 14.7. The van der Waals surface area contributed by atoms with Gasteiger partial charge in [-0.1, -0.05) is 18.7 Å². The number of primary amides is 1. The van der Waals surface area contributed by atoms with Gasteiger partial charge in [0, 0.05) is 22.4 Å². The monoisotopic (exact) mass is 563 g/mol. The number of esters is 1. The smallest absolute Gasteiger partial charge is 0.341 e. The number of thioether (sulfide) groups is 1. The summed E-state index contributed by atoms with van der Waals surface area (Å²) in [6, 6.07) is 2.12. The van der Waals surface area contributed by atoms with Crippen molar-refractivity contribution < 1.29 is 23.9 Å². The Morgan fingerprint density at radius 3 is 2.78 bits per heavy atom. The van der Waals surface area contributed by atoms with Crippen molar-refractivity contribution in [3.63, 3.8) is 0 Å². The molecular weight excluding hydrogens is 534 g/mol. The molecule has 0 aliphatic carbocycles. The molecule has 1 saturated heterocycles. The van der Waals surface area contributed by atoms with E-state index in [0.717, 1.165) is 48.6 Å². The Hall–Kier alpha value is -2.74. The molecule has 1 unspecified atom stereocenters. The minimum Gasteiger partial charge on any atom is -0.462 e. The number of nitrogens with two attached hydrogens (primary N) is 1. The lowest BCUT2D eigenvalue weighted by atomic mass is 10.1. The average Bonchev–Trinajstić information content (AvgIpc) is 3.65. The Morgan fingerprint density at radius 1 is 1.32 bits per heavy atom. The molecule has 4 heterocycles. The fourth-order valence-electron chi connectivity index (χ4n) is 4.03. The zero-order chi connectivity index (χ0) is 26.5. The Morgan fingerprint density at radius 2 is 2.14 bits per heavy atom. The van der Waals surface area contributed by atoms with Gasteiger partial charge in [-0.3, -0.25) is 14.2 Å². The summed E-state index contributed by atoms with van der Waals surface area (Å²) in [6.07, 6.45) is 2.99. The van der Waals surface area contributed by atoms with Crippen molar-refractivity contribution in [2.45, 2.75) is 57.8 Å². The van der Waals surface area contributed by atoms with E-state index in [9.17, 15) is 14.4 Å². The number of aryl methyl sites for hydroxylation is 1. The van der Waals surface area contributed by atoms with Crippen molar-refractivity contribution >= 4 is 57.2 Å². The molecule has 37 heavy (non-hydrogen) atoms. The van der Waals surface area contributed by atoms with Gasteiger partial charge in [-0.15, -0.1) is 32.9 Å². The van der Waals surface area contributed by atoms with Crippen molar-refractivity contribution in [2.24, 2.45) is 5.73 Å². The molecule has 198 valence electrons. The molecule has 0 radical (unpaired) electrons. The van der Waals surface area contributed by atoms with E-state index in [1.807, 2.05) is 4.57 Å². The van der Waals surface area contributed by atoms with Crippen LogP contribution in [0, 0.1) is 6.92 Å². The summed E-state index contributed by atoms with van der Waals surface area (Å²) in [5.74, 6) is -0.866. The predicted molar refractivity (Wildman–Crippen MR) is 145 cm³/mol.